The van der Waals surface area contributed by atoms with Gasteiger partial charge in [-0.2, -0.15) is 0 Å². The Morgan fingerprint density at radius 2 is 2.14 bits per heavy atom. The number of rotatable bonds is 3. The minimum atomic E-state index is -2.75. The molecule has 0 saturated carbocycles. The molecule has 0 aliphatic carbocycles. The molecule has 1 rings (SSSR count). The molecule has 0 fully saturated rings. The molecule has 0 aliphatic heterocycles. The van der Waals surface area contributed by atoms with Gasteiger partial charge in [-0.15, -0.1) is 22.9 Å². The number of thiophene rings is 1. The molecule has 0 aliphatic rings. The molecule has 5 heteroatoms. The van der Waals surface area contributed by atoms with Gasteiger partial charge in [-0.25, -0.2) is 8.78 Å². The van der Waals surface area contributed by atoms with Gasteiger partial charge in [0.15, 0.2) is 0 Å². The quantitative estimate of drug-likeness (QED) is 0.683. The van der Waals surface area contributed by atoms with E-state index in [1.54, 1.807) is 0 Å². The fourth-order valence-electron chi connectivity index (χ4n) is 0.986. The summed E-state index contributed by atoms with van der Waals surface area (Å²) in [5, 5.41) is 1.18. The van der Waals surface area contributed by atoms with Gasteiger partial charge in [0.05, 0.1) is 5.38 Å². The minimum Gasteiger partial charge on any atom is -0.207 e. The highest BCUT2D eigenvalue weighted by Crippen LogP contribution is 2.43. The van der Waals surface area contributed by atoms with Gasteiger partial charge < -0.3 is 0 Å². The van der Waals surface area contributed by atoms with E-state index in [9.17, 15) is 8.78 Å². The van der Waals surface area contributed by atoms with Gasteiger partial charge in [-0.05, 0) is 34.3 Å². The normalized spacial score (nSPS) is 16.7. The maximum Gasteiger partial charge on any atom is 0.249 e. The average molecular weight is 304 g/mol. The smallest absolute Gasteiger partial charge is 0.207 e. The van der Waals surface area contributed by atoms with Crippen molar-refractivity contribution in [3.05, 3.63) is 20.8 Å². The third kappa shape index (κ3) is 2.67. The lowest BCUT2D eigenvalue weighted by molar-refractivity contribution is -0.0337. The summed E-state index contributed by atoms with van der Waals surface area (Å²) in [6.45, 7) is 2.36. The summed E-state index contributed by atoms with van der Waals surface area (Å²) in [6.07, 6.45) is 0. The fraction of sp³-hybridized carbons (Fsp3) is 0.556. The monoisotopic (exact) mass is 302 g/mol. The van der Waals surface area contributed by atoms with Crippen LogP contribution in [0.25, 0.3) is 0 Å². The van der Waals surface area contributed by atoms with Crippen LogP contribution in [0.4, 0.5) is 8.78 Å². The zero-order valence-electron chi connectivity index (χ0n) is 7.73. The van der Waals surface area contributed by atoms with Crippen molar-refractivity contribution in [2.24, 2.45) is 5.92 Å². The van der Waals surface area contributed by atoms with Crippen LogP contribution in [0.5, 0.6) is 0 Å². The van der Waals surface area contributed by atoms with Gasteiger partial charge in [0, 0.05) is 15.3 Å². The Balaban J connectivity index is 2.86. The van der Waals surface area contributed by atoms with E-state index in [2.05, 4.69) is 15.9 Å². The van der Waals surface area contributed by atoms with E-state index in [4.69, 9.17) is 11.6 Å². The molecule has 0 radical (unpaired) electrons. The van der Waals surface area contributed by atoms with Crippen LogP contribution in [-0.4, -0.2) is 5.92 Å². The van der Waals surface area contributed by atoms with Crippen molar-refractivity contribution in [1.82, 2.24) is 0 Å². The Morgan fingerprint density at radius 3 is 2.50 bits per heavy atom. The lowest BCUT2D eigenvalue weighted by Gasteiger charge is -2.23. The first-order valence-corrected chi connectivity index (χ1v) is 6.19. The second kappa shape index (κ2) is 4.45. The summed E-state index contributed by atoms with van der Waals surface area (Å²) in [5.74, 6) is -3.63. The summed E-state index contributed by atoms with van der Waals surface area (Å²) in [4.78, 5) is 0.765. The molecule has 2 unspecified atom stereocenters. The molecule has 1 aromatic rings. The van der Waals surface area contributed by atoms with Gasteiger partial charge in [-0.1, -0.05) is 6.92 Å². The van der Waals surface area contributed by atoms with Gasteiger partial charge in [0.25, 0.3) is 0 Å². The average Bonchev–Trinajstić information content (AvgIpc) is 2.47. The standard InChI is InChI=1S/C9H10BrClF2S/c1-5(9(2,12)13)7(11)8-6(10)3-4-14-8/h3-5,7H,1-2H3. The third-order valence-electron chi connectivity index (χ3n) is 2.13. The van der Waals surface area contributed by atoms with Gasteiger partial charge in [0.1, 0.15) is 0 Å². The maximum absolute atomic E-state index is 13.0. The van der Waals surface area contributed by atoms with Crippen LogP contribution in [0.1, 0.15) is 24.1 Å². The van der Waals surface area contributed by atoms with Crippen molar-refractivity contribution in [3.8, 4) is 0 Å². The molecule has 80 valence electrons. The van der Waals surface area contributed by atoms with Crippen molar-refractivity contribution in [1.29, 1.82) is 0 Å². The van der Waals surface area contributed by atoms with Crippen molar-refractivity contribution in [2.75, 3.05) is 0 Å². The van der Waals surface area contributed by atoms with Crippen LogP contribution in [-0.2, 0) is 0 Å². The van der Waals surface area contributed by atoms with Crippen molar-refractivity contribution < 1.29 is 8.78 Å². The second-order valence-electron chi connectivity index (χ2n) is 3.28. The molecule has 0 spiro atoms. The molecule has 14 heavy (non-hydrogen) atoms. The summed E-state index contributed by atoms with van der Waals surface area (Å²) < 4.78 is 26.8. The zero-order valence-corrected chi connectivity index (χ0v) is 10.9. The van der Waals surface area contributed by atoms with E-state index < -0.39 is 17.2 Å². The maximum atomic E-state index is 13.0. The molecular weight excluding hydrogens is 294 g/mol. The Bertz CT molecular complexity index is 308. The Labute approximate surface area is 99.4 Å². The van der Waals surface area contributed by atoms with Crippen molar-refractivity contribution in [2.45, 2.75) is 25.1 Å². The van der Waals surface area contributed by atoms with E-state index in [0.29, 0.717) is 0 Å². The molecule has 0 nitrogen and oxygen atoms in total. The summed E-state index contributed by atoms with van der Waals surface area (Å²) >= 11 is 10.7. The SMILES string of the molecule is CC(C(Cl)c1sccc1Br)C(C)(F)F. The number of halogens is 4. The van der Waals surface area contributed by atoms with E-state index in [1.165, 1.54) is 18.3 Å². The highest BCUT2D eigenvalue weighted by atomic mass is 79.9. The fourth-order valence-corrected chi connectivity index (χ4v) is 3.31. The molecule has 1 heterocycles. The first-order valence-electron chi connectivity index (χ1n) is 4.09. The summed E-state index contributed by atoms with van der Waals surface area (Å²) in [7, 11) is 0. The number of hydrogen-bond donors (Lipinski definition) is 0. The van der Waals surface area contributed by atoms with Crippen molar-refractivity contribution >= 4 is 38.9 Å². The van der Waals surface area contributed by atoms with Crippen molar-refractivity contribution in [3.63, 3.8) is 0 Å². The Morgan fingerprint density at radius 1 is 1.57 bits per heavy atom. The predicted octanol–water partition coefficient (Wildman–Crippen LogP) is 5.08. The minimum absolute atomic E-state index is 0.649. The first-order chi connectivity index (χ1) is 6.34. The zero-order chi connectivity index (χ0) is 10.9. The van der Waals surface area contributed by atoms with Gasteiger partial charge in [0.2, 0.25) is 5.92 Å². The van der Waals surface area contributed by atoms with E-state index in [0.717, 1.165) is 16.3 Å². The Hall–Kier alpha value is 0.330. The van der Waals surface area contributed by atoms with E-state index in [-0.39, 0.29) is 0 Å². The molecule has 0 aromatic carbocycles. The molecule has 0 amide bonds. The third-order valence-corrected chi connectivity index (χ3v) is 4.81. The predicted molar refractivity (Wildman–Crippen MR) is 60.4 cm³/mol. The lowest BCUT2D eigenvalue weighted by Crippen LogP contribution is -2.25. The van der Waals surface area contributed by atoms with E-state index in [1.807, 2.05) is 11.4 Å². The first kappa shape index (κ1) is 12.4. The van der Waals surface area contributed by atoms with Crippen LogP contribution in [0.15, 0.2) is 15.9 Å². The molecule has 0 N–H and O–H groups in total. The summed E-state index contributed by atoms with van der Waals surface area (Å²) in [6, 6.07) is 1.82. The lowest BCUT2D eigenvalue weighted by atomic mass is 10.00. The topological polar surface area (TPSA) is 0 Å². The number of alkyl halides is 3. The molecule has 0 bridgehead atoms. The van der Waals surface area contributed by atoms with Gasteiger partial charge >= 0.3 is 0 Å². The van der Waals surface area contributed by atoms with Crippen LogP contribution in [0.3, 0.4) is 0 Å². The van der Waals surface area contributed by atoms with Crippen LogP contribution < -0.4 is 0 Å². The molecular formula is C9H10BrClF2S. The van der Waals surface area contributed by atoms with Gasteiger partial charge in [-0.3, -0.25) is 0 Å². The molecule has 0 saturated heterocycles. The largest absolute Gasteiger partial charge is 0.249 e. The highest BCUT2D eigenvalue weighted by Gasteiger charge is 2.37. The highest BCUT2D eigenvalue weighted by molar-refractivity contribution is 9.10. The second-order valence-corrected chi connectivity index (χ2v) is 5.55. The Kier molecular flexibility index (Phi) is 3.95. The molecule has 2 atom stereocenters. The molecule has 1 aromatic heterocycles. The number of hydrogen-bond acceptors (Lipinski definition) is 1. The van der Waals surface area contributed by atoms with Crippen LogP contribution in [0.2, 0.25) is 0 Å². The van der Waals surface area contributed by atoms with Crippen LogP contribution in [0, 0.1) is 5.92 Å². The van der Waals surface area contributed by atoms with E-state index >= 15 is 0 Å². The summed E-state index contributed by atoms with van der Waals surface area (Å²) in [5.41, 5.74) is 0. The van der Waals surface area contributed by atoms with Crippen LogP contribution >= 0.6 is 38.9 Å².